The van der Waals surface area contributed by atoms with Gasteiger partial charge in [0.2, 0.25) is 10.0 Å². The zero-order chi connectivity index (χ0) is 23.8. The maximum Gasteiger partial charge on any atom is 0.336 e. The van der Waals surface area contributed by atoms with Gasteiger partial charge in [-0.25, -0.2) is 13.2 Å². The highest BCUT2D eigenvalue weighted by molar-refractivity contribution is 7.89. The first-order valence-electron chi connectivity index (χ1n) is 10.4. The second kappa shape index (κ2) is 9.22. The quantitative estimate of drug-likeness (QED) is 0.295. The van der Waals surface area contributed by atoms with E-state index in [4.69, 9.17) is 16.0 Å². The Morgan fingerprint density at radius 3 is 2.48 bits per heavy atom. The molecule has 0 saturated carbocycles. The third-order valence-electron chi connectivity index (χ3n) is 5.77. The molecular formula is C22H22ClN3O6S. The van der Waals surface area contributed by atoms with Gasteiger partial charge in [-0.2, -0.15) is 4.31 Å². The summed E-state index contributed by atoms with van der Waals surface area (Å²) < 4.78 is 32.6. The van der Waals surface area contributed by atoms with Gasteiger partial charge >= 0.3 is 5.63 Å². The molecule has 4 rings (SSSR count). The summed E-state index contributed by atoms with van der Waals surface area (Å²) in [7, 11) is -3.85. The van der Waals surface area contributed by atoms with E-state index in [1.54, 1.807) is 12.1 Å². The lowest BCUT2D eigenvalue weighted by Crippen LogP contribution is -2.48. The van der Waals surface area contributed by atoms with Crippen LogP contribution in [0.25, 0.3) is 11.0 Å². The number of piperazine rings is 1. The van der Waals surface area contributed by atoms with Crippen LogP contribution in [-0.2, 0) is 23.0 Å². The van der Waals surface area contributed by atoms with Gasteiger partial charge in [0.05, 0.1) is 9.82 Å². The van der Waals surface area contributed by atoms with Gasteiger partial charge < -0.3 is 4.42 Å². The summed E-state index contributed by atoms with van der Waals surface area (Å²) in [5.74, 6) is 0. The van der Waals surface area contributed by atoms with Crippen LogP contribution in [0.15, 0.2) is 56.6 Å². The Bertz CT molecular complexity index is 1380. The van der Waals surface area contributed by atoms with Crippen molar-refractivity contribution in [1.29, 1.82) is 0 Å². The largest absolute Gasteiger partial charge is 0.423 e. The monoisotopic (exact) mass is 491 g/mol. The van der Waals surface area contributed by atoms with Crippen molar-refractivity contribution in [1.82, 2.24) is 9.21 Å². The van der Waals surface area contributed by atoms with Crippen molar-refractivity contribution in [3.8, 4) is 0 Å². The van der Waals surface area contributed by atoms with Gasteiger partial charge in [0.25, 0.3) is 5.69 Å². The number of aryl methyl sites for hydroxylation is 1. The first-order chi connectivity index (χ1) is 15.7. The maximum absolute atomic E-state index is 13.0. The molecule has 0 unspecified atom stereocenters. The van der Waals surface area contributed by atoms with Crippen LogP contribution in [0.3, 0.4) is 0 Å². The lowest BCUT2D eigenvalue weighted by molar-refractivity contribution is -0.385. The zero-order valence-corrected chi connectivity index (χ0v) is 19.4. The molecule has 1 aliphatic rings. The van der Waals surface area contributed by atoms with Gasteiger partial charge in [-0.3, -0.25) is 15.0 Å². The Hall–Kier alpha value is -2.79. The summed E-state index contributed by atoms with van der Waals surface area (Å²) >= 11 is 6.37. The Kier molecular flexibility index (Phi) is 6.53. The highest BCUT2D eigenvalue weighted by atomic mass is 35.5. The summed E-state index contributed by atoms with van der Waals surface area (Å²) in [4.78, 5) is 24.4. The van der Waals surface area contributed by atoms with Crippen LogP contribution in [0.2, 0.25) is 5.02 Å². The van der Waals surface area contributed by atoms with E-state index in [-0.39, 0.29) is 23.7 Å². The van der Waals surface area contributed by atoms with E-state index in [0.717, 1.165) is 22.6 Å². The fourth-order valence-electron chi connectivity index (χ4n) is 3.97. The second-order valence-corrected chi connectivity index (χ2v) is 10.2. The Morgan fingerprint density at radius 1 is 1.09 bits per heavy atom. The standard InChI is InChI=1S/C22H22ClN3O6S/c1-2-15-10-21-19(13-20(15)23)16(11-22(27)32-21)14-24-6-8-25(9-7-24)33(30,31)18-5-3-4-17(12-18)26(28)29/h3-5,10-13H,2,6-9,14H2,1H3. The van der Waals surface area contributed by atoms with Crippen molar-refractivity contribution in [2.24, 2.45) is 0 Å². The maximum atomic E-state index is 13.0. The van der Waals surface area contributed by atoms with Crippen LogP contribution in [0.5, 0.6) is 0 Å². The minimum Gasteiger partial charge on any atom is -0.423 e. The van der Waals surface area contributed by atoms with Crippen LogP contribution in [0.4, 0.5) is 5.69 Å². The highest BCUT2D eigenvalue weighted by Gasteiger charge is 2.29. The second-order valence-electron chi connectivity index (χ2n) is 7.82. The molecule has 0 spiro atoms. The molecule has 0 N–H and O–H groups in total. The predicted octanol–water partition coefficient (Wildman–Crippen LogP) is 3.42. The molecule has 33 heavy (non-hydrogen) atoms. The Labute approximate surface area is 195 Å². The fourth-order valence-corrected chi connectivity index (χ4v) is 5.73. The number of halogens is 1. The molecule has 0 amide bonds. The van der Waals surface area contributed by atoms with Crippen LogP contribution in [0, 0.1) is 10.1 Å². The van der Waals surface area contributed by atoms with E-state index in [2.05, 4.69) is 4.90 Å². The molecule has 2 aromatic carbocycles. The Morgan fingerprint density at radius 2 is 1.82 bits per heavy atom. The summed E-state index contributed by atoms with van der Waals surface area (Å²) in [5, 5.41) is 12.4. The third-order valence-corrected chi connectivity index (χ3v) is 8.02. The normalized spacial score (nSPS) is 15.7. The topological polar surface area (TPSA) is 114 Å². The van der Waals surface area contributed by atoms with Crippen LogP contribution < -0.4 is 5.63 Å². The first-order valence-corrected chi connectivity index (χ1v) is 12.2. The van der Waals surface area contributed by atoms with E-state index in [1.807, 2.05) is 6.92 Å². The molecule has 9 nitrogen and oxygen atoms in total. The molecule has 1 fully saturated rings. The molecule has 1 aliphatic heterocycles. The fraction of sp³-hybridized carbons (Fsp3) is 0.318. The van der Waals surface area contributed by atoms with Gasteiger partial charge in [0.15, 0.2) is 0 Å². The van der Waals surface area contributed by atoms with Gasteiger partial charge in [0, 0.05) is 61.3 Å². The SMILES string of the molecule is CCc1cc2oc(=O)cc(CN3CCN(S(=O)(=O)c4cccc([N+](=O)[O-])c4)CC3)c2cc1Cl. The summed E-state index contributed by atoms with van der Waals surface area (Å²) in [6, 6.07) is 10.1. The molecule has 0 atom stereocenters. The number of nitro groups is 1. The number of hydrogen-bond acceptors (Lipinski definition) is 7. The molecule has 1 aromatic heterocycles. The molecule has 0 bridgehead atoms. The molecule has 0 radical (unpaired) electrons. The summed E-state index contributed by atoms with van der Waals surface area (Å²) in [6.45, 7) is 3.74. The number of hydrogen-bond donors (Lipinski definition) is 0. The van der Waals surface area contributed by atoms with Crippen LogP contribution in [-0.4, -0.2) is 48.7 Å². The molecule has 1 saturated heterocycles. The molecule has 3 aromatic rings. The van der Waals surface area contributed by atoms with Crippen LogP contribution >= 0.6 is 11.6 Å². The van der Waals surface area contributed by atoms with Crippen LogP contribution in [0.1, 0.15) is 18.1 Å². The molecular weight excluding hydrogens is 470 g/mol. The smallest absolute Gasteiger partial charge is 0.336 e. The van der Waals surface area contributed by atoms with Crippen molar-refractivity contribution in [2.45, 2.75) is 24.8 Å². The van der Waals surface area contributed by atoms with Crippen molar-refractivity contribution in [3.63, 3.8) is 0 Å². The van der Waals surface area contributed by atoms with Gasteiger partial charge in [-0.05, 0) is 35.7 Å². The van der Waals surface area contributed by atoms with Crippen molar-refractivity contribution in [3.05, 3.63) is 79.1 Å². The van der Waals surface area contributed by atoms with Crippen molar-refractivity contribution >= 4 is 38.3 Å². The lowest BCUT2D eigenvalue weighted by atomic mass is 10.1. The summed E-state index contributed by atoms with van der Waals surface area (Å²) in [6.07, 6.45) is 0.712. The number of sulfonamides is 1. The minimum atomic E-state index is -3.85. The summed E-state index contributed by atoms with van der Waals surface area (Å²) in [5.41, 5.74) is 1.42. The number of non-ortho nitro benzene ring substituents is 1. The van der Waals surface area contributed by atoms with E-state index in [9.17, 15) is 23.3 Å². The highest BCUT2D eigenvalue weighted by Crippen LogP contribution is 2.28. The van der Waals surface area contributed by atoms with E-state index in [1.165, 1.54) is 28.6 Å². The number of fused-ring (bicyclic) bond motifs is 1. The average molecular weight is 492 g/mol. The molecule has 11 heteroatoms. The predicted molar refractivity (Wildman–Crippen MR) is 124 cm³/mol. The number of nitro benzene ring substituents is 1. The Balaban J connectivity index is 1.52. The average Bonchev–Trinajstić information content (AvgIpc) is 2.79. The van der Waals surface area contributed by atoms with E-state index < -0.39 is 20.6 Å². The minimum absolute atomic E-state index is 0.0989. The molecule has 174 valence electrons. The first kappa shape index (κ1) is 23.4. The number of benzene rings is 2. The van der Waals surface area contributed by atoms with Crippen molar-refractivity contribution in [2.75, 3.05) is 26.2 Å². The van der Waals surface area contributed by atoms with Gasteiger partial charge in [0.1, 0.15) is 5.58 Å². The van der Waals surface area contributed by atoms with E-state index >= 15 is 0 Å². The number of rotatable bonds is 6. The van der Waals surface area contributed by atoms with E-state index in [0.29, 0.717) is 36.7 Å². The number of nitrogens with zero attached hydrogens (tertiary/aromatic N) is 3. The van der Waals surface area contributed by atoms with Crippen molar-refractivity contribution < 1.29 is 17.8 Å². The van der Waals surface area contributed by atoms with Gasteiger partial charge in [-0.1, -0.05) is 24.6 Å². The molecule has 0 aliphatic carbocycles. The van der Waals surface area contributed by atoms with Gasteiger partial charge in [-0.15, -0.1) is 0 Å². The molecule has 2 heterocycles. The lowest BCUT2D eigenvalue weighted by Gasteiger charge is -2.34. The third kappa shape index (κ3) is 4.79. The zero-order valence-electron chi connectivity index (χ0n) is 17.9.